The summed E-state index contributed by atoms with van der Waals surface area (Å²) in [4.78, 5) is 16.4. The second-order valence-corrected chi connectivity index (χ2v) is 6.34. The summed E-state index contributed by atoms with van der Waals surface area (Å²) < 4.78 is 10.1. The number of methoxy groups -OCH3 is 1. The highest BCUT2D eigenvalue weighted by molar-refractivity contribution is 5.92. The Morgan fingerprint density at radius 3 is 2.83 bits per heavy atom. The first-order valence-corrected chi connectivity index (χ1v) is 7.83. The summed E-state index contributed by atoms with van der Waals surface area (Å²) in [7, 11) is 1.56. The monoisotopic (exact) mass is 314 g/mol. The first-order chi connectivity index (χ1) is 11.0. The molecule has 2 aromatic rings. The summed E-state index contributed by atoms with van der Waals surface area (Å²) in [6.45, 7) is 5.13. The molecule has 5 nitrogen and oxygen atoms in total. The molecule has 1 amide bonds. The molecule has 1 aliphatic carbocycles. The molecule has 1 heterocycles. The van der Waals surface area contributed by atoms with Gasteiger partial charge in [0, 0.05) is 19.1 Å². The SMILES string of the molecule is COCc1nc(C(=O)NCC2(c3ccc(C)cc3C)CC2)co1. The molecular formula is C18H22N2O3. The molecule has 1 fully saturated rings. The van der Waals surface area contributed by atoms with Crippen molar-refractivity contribution < 1.29 is 13.9 Å². The van der Waals surface area contributed by atoms with Gasteiger partial charge in [-0.25, -0.2) is 4.98 Å². The number of carbonyl (C=O) groups excluding carboxylic acids is 1. The molecule has 0 spiro atoms. The zero-order chi connectivity index (χ0) is 16.4. The molecule has 0 aliphatic heterocycles. The van der Waals surface area contributed by atoms with Gasteiger partial charge in [0.25, 0.3) is 5.91 Å². The van der Waals surface area contributed by atoms with Crippen LogP contribution in [-0.4, -0.2) is 24.5 Å². The fourth-order valence-electron chi connectivity index (χ4n) is 3.05. The average molecular weight is 314 g/mol. The Labute approximate surface area is 136 Å². The summed E-state index contributed by atoms with van der Waals surface area (Å²) in [5.74, 6) is 0.209. The summed E-state index contributed by atoms with van der Waals surface area (Å²) in [5, 5.41) is 3.00. The second kappa shape index (κ2) is 6.16. The number of benzene rings is 1. The van der Waals surface area contributed by atoms with Crippen LogP contribution in [0, 0.1) is 13.8 Å². The van der Waals surface area contributed by atoms with E-state index in [1.807, 2.05) is 0 Å². The molecule has 0 unspecified atom stereocenters. The highest BCUT2D eigenvalue weighted by Crippen LogP contribution is 2.48. The summed E-state index contributed by atoms with van der Waals surface area (Å²) in [6, 6.07) is 6.53. The van der Waals surface area contributed by atoms with Crippen LogP contribution in [0.4, 0.5) is 0 Å². The van der Waals surface area contributed by atoms with E-state index in [1.165, 1.54) is 23.0 Å². The zero-order valence-corrected chi connectivity index (χ0v) is 13.8. The van der Waals surface area contributed by atoms with E-state index < -0.39 is 0 Å². The molecule has 0 bridgehead atoms. The Hall–Kier alpha value is -2.14. The van der Waals surface area contributed by atoms with Crippen molar-refractivity contribution in [1.82, 2.24) is 10.3 Å². The van der Waals surface area contributed by atoms with Crippen molar-refractivity contribution in [2.45, 2.75) is 38.7 Å². The number of ether oxygens (including phenoxy) is 1. The zero-order valence-electron chi connectivity index (χ0n) is 13.8. The van der Waals surface area contributed by atoms with E-state index in [9.17, 15) is 4.79 Å². The van der Waals surface area contributed by atoms with Crippen molar-refractivity contribution in [1.29, 1.82) is 0 Å². The van der Waals surface area contributed by atoms with Crippen LogP contribution in [0.15, 0.2) is 28.9 Å². The number of oxazole rings is 1. The van der Waals surface area contributed by atoms with Gasteiger partial charge < -0.3 is 14.5 Å². The summed E-state index contributed by atoms with van der Waals surface area (Å²) in [5.41, 5.74) is 4.27. The number of rotatable bonds is 6. The van der Waals surface area contributed by atoms with Crippen LogP contribution in [0.3, 0.4) is 0 Å². The van der Waals surface area contributed by atoms with E-state index in [1.54, 1.807) is 7.11 Å². The molecule has 1 aromatic carbocycles. The Kier molecular flexibility index (Phi) is 4.22. The molecule has 5 heteroatoms. The molecule has 122 valence electrons. The number of hydrogen-bond acceptors (Lipinski definition) is 4. The van der Waals surface area contributed by atoms with Gasteiger partial charge in [-0.15, -0.1) is 0 Å². The predicted octanol–water partition coefficient (Wildman–Crippen LogP) is 2.90. The number of nitrogens with one attached hydrogen (secondary N) is 1. The molecule has 1 saturated carbocycles. The Balaban J connectivity index is 1.66. The highest BCUT2D eigenvalue weighted by atomic mass is 16.5. The fraction of sp³-hybridized carbons (Fsp3) is 0.444. The third kappa shape index (κ3) is 3.29. The predicted molar refractivity (Wildman–Crippen MR) is 86.4 cm³/mol. The average Bonchev–Trinajstić information content (AvgIpc) is 3.15. The second-order valence-electron chi connectivity index (χ2n) is 6.34. The van der Waals surface area contributed by atoms with Crippen molar-refractivity contribution in [3.8, 4) is 0 Å². The quantitative estimate of drug-likeness (QED) is 0.890. The van der Waals surface area contributed by atoms with Gasteiger partial charge in [0.05, 0.1) is 0 Å². The Morgan fingerprint density at radius 1 is 1.39 bits per heavy atom. The number of amides is 1. The highest BCUT2D eigenvalue weighted by Gasteiger charge is 2.45. The Morgan fingerprint density at radius 2 is 2.17 bits per heavy atom. The minimum atomic E-state index is -0.202. The molecule has 1 aromatic heterocycles. The number of aryl methyl sites for hydroxylation is 2. The molecular weight excluding hydrogens is 292 g/mol. The molecule has 0 radical (unpaired) electrons. The number of carbonyl (C=O) groups is 1. The molecule has 1 N–H and O–H groups in total. The van der Waals surface area contributed by atoms with E-state index in [0.717, 1.165) is 12.8 Å². The fourth-order valence-corrected chi connectivity index (χ4v) is 3.05. The van der Waals surface area contributed by atoms with E-state index >= 15 is 0 Å². The van der Waals surface area contributed by atoms with E-state index in [0.29, 0.717) is 18.1 Å². The lowest BCUT2D eigenvalue weighted by atomic mass is 9.90. The molecule has 23 heavy (non-hydrogen) atoms. The van der Waals surface area contributed by atoms with Crippen LogP contribution in [0.1, 0.15) is 45.9 Å². The van der Waals surface area contributed by atoms with Gasteiger partial charge in [-0.2, -0.15) is 0 Å². The molecule has 0 saturated heterocycles. The van der Waals surface area contributed by atoms with Crippen LogP contribution in [0.5, 0.6) is 0 Å². The third-order valence-corrected chi connectivity index (χ3v) is 4.45. The van der Waals surface area contributed by atoms with Crippen LogP contribution < -0.4 is 5.32 Å². The molecule has 1 aliphatic rings. The van der Waals surface area contributed by atoms with Crippen molar-refractivity contribution in [3.05, 3.63) is 52.7 Å². The van der Waals surface area contributed by atoms with Crippen LogP contribution in [0.25, 0.3) is 0 Å². The van der Waals surface area contributed by atoms with Gasteiger partial charge in [-0.1, -0.05) is 23.8 Å². The van der Waals surface area contributed by atoms with Crippen LogP contribution in [0.2, 0.25) is 0 Å². The number of aromatic nitrogens is 1. The van der Waals surface area contributed by atoms with E-state index in [4.69, 9.17) is 9.15 Å². The van der Waals surface area contributed by atoms with Gasteiger partial charge in [-0.05, 0) is 37.8 Å². The Bertz CT molecular complexity index is 717. The first-order valence-electron chi connectivity index (χ1n) is 7.83. The topological polar surface area (TPSA) is 64.4 Å². The normalized spacial score (nSPS) is 15.4. The number of nitrogens with zero attached hydrogens (tertiary/aromatic N) is 1. The van der Waals surface area contributed by atoms with E-state index in [-0.39, 0.29) is 17.9 Å². The molecule has 3 rings (SSSR count). The van der Waals surface area contributed by atoms with Crippen LogP contribution >= 0.6 is 0 Å². The lowest BCUT2D eigenvalue weighted by molar-refractivity contribution is 0.0944. The maximum Gasteiger partial charge on any atom is 0.273 e. The smallest absolute Gasteiger partial charge is 0.273 e. The van der Waals surface area contributed by atoms with Crippen molar-refractivity contribution in [2.75, 3.05) is 13.7 Å². The van der Waals surface area contributed by atoms with Gasteiger partial charge in [0.15, 0.2) is 5.69 Å². The number of hydrogen-bond donors (Lipinski definition) is 1. The van der Waals surface area contributed by atoms with Crippen molar-refractivity contribution in [2.24, 2.45) is 0 Å². The maximum absolute atomic E-state index is 12.2. The van der Waals surface area contributed by atoms with Crippen molar-refractivity contribution in [3.63, 3.8) is 0 Å². The first kappa shape index (κ1) is 15.7. The van der Waals surface area contributed by atoms with Gasteiger partial charge >= 0.3 is 0 Å². The van der Waals surface area contributed by atoms with Crippen LogP contribution in [-0.2, 0) is 16.8 Å². The van der Waals surface area contributed by atoms with Gasteiger partial charge in [-0.3, -0.25) is 4.79 Å². The minimum Gasteiger partial charge on any atom is -0.446 e. The summed E-state index contributed by atoms with van der Waals surface area (Å²) in [6.07, 6.45) is 3.58. The third-order valence-electron chi connectivity index (χ3n) is 4.45. The minimum absolute atomic E-state index is 0.0759. The molecule has 0 atom stereocenters. The van der Waals surface area contributed by atoms with E-state index in [2.05, 4.69) is 42.3 Å². The lowest BCUT2D eigenvalue weighted by Crippen LogP contribution is -2.32. The standard InChI is InChI=1S/C18H22N2O3/c1-12-4-5-14(13(2)8-12)18(6-7-18)11-19-17(21)15-9-23-16(20-15)10-22-3/h4-5,8-9H,6-7,10-11H2,1-3H3,(H,19,21). The largest absolute Gasteiger partial charge is 0.446 e. The van der Waals surface area contributed by atoms with Gasteiger partial charge in [0.2, 0.25) is 5.89 Å². The van der Waals surface area contributed by atoms with Gasteiger partial charge in [0.1, 0.15) is 12.9 Å². The lowest BCUT2D eigenvalue weighted by Gasteiger charge is -2.19. The maximum atomic E-state index is 12.2. The van der Waals surface area contributed by atoms with Crippen molar-refractivity contribution >= 4 is 5.91 Å². The summed E-state index contributed by atoms with van der Waals surface area (Å²) >= 11 is 0.